The van der Waals surface area contributed by atoms with Gasteiger partial charge in [0.15, 0.2) is 6.61 Å². The van der Waals surface area contributed by atoms with Gasteiger partial charge in [0.2, 0.25) is 0 Å². The van der Waals surface area contributed by atoms with Crippen molar-refractivity contribution in [3.8, 4) is 11.8 Å². The van der Waals surface area contributed by atoms with Gasteiger partial charge >= 0.3 is 0 Å². The van der Waals surface area contributed by atoms with E-state index in [9.17, 15) is 4.79 Å². The molecular formula is C12H13ClN2O3. The van der Waals surface area contributed by atoms with Crippen molar-refractivity contribution < 1.29 is 14.3 Å². The van der Waals surface area contributed by atoms with Crippen molar-refractivity contribution in [3.05, 3.63) is 28.8 Å². The molecule has 1 aromatic rings. The van der Waals surface area contributed by atoms with Gasteiger partial charge in [-0.15, -0.1) is 0 Å². The van der Waals surface area contributed by atoms with Crippen LogP contribution in [0.15, 0.2) is 18.2 Å². The predicted molar refractivity (Wildman–Crippen MR) is 66.5 cm³/mol. The molecule has 0 atom stereocenters. The molecule has 0 unspecified atom stereocenters. The first kappa shape index (κ1) is 14.3. The number of benzene rings is 1. The number of nitriles is 1. The molecule has 0 bridgehead atoms. The van der Waals surface area contributed by atoms with E-state index in [-0.39, 0.29) is 12.5 Å². The molecule has 1 rings (SSSR count). The molecule has 0 aliphatic rings. The zero-order valence-corrected chi connectivity index (χ0v) is 10.7. The summed E-state index contributed by atoms with van der Waals surface area (Å²) >= 11 is 5.79. The van der Waals surface area contributed by atoms with Crippen molar-refractivity contribution >= 4 is 17.5 Å². The van der Waals surface area contributed by atoms with E-state index in [1.54, 1.807) is 19.2 Å². The minimum atomic E-state index is -0.282. The van der Waals surface area contributed by atoms with Crippen molar-refractivity contribution in [2.24, 2.45) is 0 Å². The average Bonchev–Trinajstić information content (AvgIpc) is 2.37. The summed E-state index contributed by atoms with van der Waals surface area (Å²) in [5.41, 5.74) is 0.337. The summed E-state index contributed by atoms with van der Waals surface area (Å²) < 4.78 is 10.0. The van der Waals surface area contributed by atoms with Gasteiger partial charge < -0.3 is 14.8 Å². The third kappa shape index (κ3) is 4.62. The molecule has 0 aromatic heterocycles. The van der Waals surface area contributed by atoms with Crippen LogP contribution in [0.2, 0.25) is 5.02 Å². The van der Waals surface area contributed by atoms with Gasteiger partial charge in [-0.2, -0.15) is 5.26 Å². The van der Waals surface area contributed by atoms with Crippen LogP contribution < -0.4 is 10.1 Å². The van der Waals surface area contributed by atoms with Gasteiger partial charge in [0, 0.05) is 24.7 Å². The zero-order chi connectivity index (χ0) is 13.4. The maximum absolute atomic E-state index is 11.4. The van der Waals surface area contributed by atoms with Crippen LogP contribution in [0.5, 0.6) is 5.75 Å². The molecule has 0 aliphatic heterocycles. The van der Waals surface area contributed by atoms with E-state index >= 15 is 0 Å². The lowest BCUT2D eigenvalue weighted by Crippen LogP contribution is -2.31. The number of halogens is 1. The van der Waals surface area contributed by atoms with E-state index in [2.05, 4.69) is 5.32 Å². The van der Waals surface area contributed by atoms with Crippen molar-refractivity contribution in [1.29, 1.82) is 5.26 Å². The molecule has 0 fully saturated rings. The van der Waals surface area contributed by atoms with Crippen molar-refractivity contribution in [2.45, 2.75) is 0 Å². The lowest BCUT2D eigenvalue weighted by Gasteiger charge is -2.08. The number of hydrogen-bond donors (Lipinski definition) is 1. The van der Waals surface area contributed by atoms with Crippen LogP contribution in [0.25, 0.3) is 0 Å². The fourth-order valence-electron chi connectivity index (χ4n) is 1.19. The summed E-state index contributed by atoms with van der Waals surface area (Å²) in [6.45, 7) is 0.685. The van der Waals surface area contributed by atoms with E-state index in [1.807, 2.05) is 6.07 Å². The monoisotopic (exact) mass is 268 g/mol. The molecule has 0 heterocycles. The van der Waals surface area contributed by atoms with Gasteiger partial charge in [0.25, 0.3) is 5.91 Å². The SMILES string of the molecule is COCCNC(=O)COc1cc(Cl)ccc1C#N. The number of amides is 1. The standard InChI is InChI=1S/C12H13ClN2O3/c1-17-5-4-15-12(16)8-18-11-6-10(13)3-2-9(11)7-14/h2-3,6H,4-5,8H2,1H3,(H,15,16). The van der Waals surface area contributed by atoms with E-state index in [0.717, 1.165) is 0 Å². The molecule has 1 amide bonds. The number of nitrogens with zero attached hydrogens (tertiary/aromatic N) is 1. The second kappa shape index (κ2) is 7.54. The molecule has 0 radical (unpaired) electrons. The fraction of sp³-hybridized carbons (Fsp3) is 0.333. The minimum absolute atomic E-state index is 0.168. The zero-order valence-electron chi connectivity index (χ0n) is 9.90. The van der Waals surface area contributed by atoms with Gasteiger partial charge in [0.05, 0.1) is 12.2 Å². The van der Waals surface area contributed by atoms with Gasteiger partial charge in [-0.3, -0.25) is 4.79 Å². The Morgan fingerprint density at radius 2 is 2.33 bits per heavy atom. The molecule has 0 spiro atoms. The Bertz CT molecular complexity index is 457. The molecule has 0 saturated heterocycles. The van der Waals surface area contributed by atoms with E-state index in [1.165, 1.54) is 6.07 Å². The number of carbonyl (C=O) groups excluding carboxylic acids is 1. The second-order valence-electron chi connectivity index (χ2n) is 3.38. The number of hydrogen-bond acceptors (Lipinski definition) is 4. The van der Waals surface area contributed by atoms with Gasteiger partial charge in [0.1, 0.15) is 11.8 Å². The quantitative estimate of drug-likeness (QED) is 0.791. The van der Waals surface area contributed by atoms with Crippen molar-refractivity contribution in [2.75, 3.05) is 26.9 Å². The Kier molecular flexibility index (Phi) is 5.98. The highest BCUT2D eigenvalue weighted by atomic mass is 35.5. The second-order valence-corrected chi connectivity index (χ2v) is 3.82. The predicted octanol–water partition coefficient (Wildman–Crippen LogP) is 1.35. The lowest BCUT2D eigenvalue weighted by molar-refractivity contribution is -0.123. The Hall–Kier alpha value is -1.77. The average molecular weight is 269 g/mol. The first-order valence-corrected chi connectivity index (χ1v) is 5.63. The van der Waals surface area contributed by atoms with Gasteiger partial charge in [-0.25, -0.2) is 0 Å². The maximum Gasteiger partial charge on any atom is 0.258 e. The summed E-state index contributed by atoms with van der Waals surface area (Å²) in [4.78, 5) is 11.4. The van der Waals surface area contributed by atoms with Crippen LogP contribution >= 0.6 is 11.6 Å². The third-order valence-corrected chi connectivity index (χ3v) is 2.29. The number of nitrogens with one attached hydrogen (secondary N) is 1. The van der Waals surface area contributed by atoms with Crippen LogP contribution in [-0.4, -0.2) is 32.8 Å². The van der Waals surface area contributed by atoms with Gasteiger partial charge in [-0.1, -0.05) is 11.6 Å². The van der Waals surface area contributed by atoms with Crippen LogP contribution in [0.3, 0.4) is 0 Å². The normalized spacial score (nSPS) is 9.61. The van der Waals surface area contributed by atoms with Crippen molar-refractivity contribution in [3.63, 3.8) is 0 Å². The highest BCUT2D eigenvalue weighted by molar-refractivity contribution is 6.30. The van der Waals surface area contributed by atoms with E-state index in [4.69, 9.17) is 26.3 Å². The molecule has 96 valence electrons. The molecule has 6 heteroatoms. The van der Waals surface area contributed by atoms with Crippen LogP contribution in [0.4, 0.5) is 0 Å². The Labute approximate surface area is 110 Å². The molecule has 1 N–H and O–H groups in total. The highest BCUT2D eigenvalue weighted by Gasteiger charge is 2.07. The minimum Gasteiger partial charge on any atom is -0.482 e. The Morgan fingerprint density at radius 1 is 1.56 bits per heavy atom. The molecule has 0 aliphatic carbocycles. The summed E-state index contributed by atoms with van der Waals surface area (Å²) in [6.07, 6.45) is 0. The molecule has 18 heavy (non-hydrogen) atoms. The van der Waals surface area contributed by atoms with Crippen LogP contribution in [-0.2, 0) is 9.53 Å². The number of rotatable bonds is 6. The first-order valence-electron chi connectivity index (χ1n) is 5.25. The Morgan fingerprint density at radius 3 is 3.00 bits per heavy atom. The summed E-state index contributed by atoms with van der Waals surface area (Å²) in [7, 11) is 1.55. The van der Waals surface area contributed by atoms with Crippen LogP contribution in [0.1, 0.15) is 5.56 Å². The number of ether oxygens (including phenoxy) is 2. The van der Waals surface area contributed by atoms with E-state index in [0.29, 0.717) is 29.5 Å². The number of carbonyl (C=O) groups is 1. The lowest BCUT2D eigenvalue weighted by atomic mass is 10.2. The summed E-state index contributed by atoms with van der Waals surface area (Å²) in [5.74, 6) is 0.0165. The number of methoxy groups -OCH3 is 1. The Balaban J connectivity index is 2.50. The summed E-state index contributed by atoms with van der Waals surface area (Å²) in [6, 6.07) is 6.60. The molecular weight excluding hydrogens is 256 g/mol. The molecule has 0 saturated carbocycles. The highest BCUT2D eigenvalue weighted by Crippen LogP contribution is 2.22. The maximum atomic E-state index is 11.4. The van der Waals surface area contributed by atoms with Crippen LogP contribution in [0, 0.1) is 11.3 Å². The van der Waals surface area contributed by atoms with Gasteiger partial charge in [-0.05, 0) is 12.1 Å². The molecule has 5 nitrogen and oxygen atoms in total. The molecule has 1 aromatic carbocycles. The fourth-order valence-corrected chi connectivity index (χ4v) is 1.36. The van der Waals surface area contributed by atoms with Crippen molar-refractivity contribution in [1.82, 2.24) is 5.32 Å². The topological polar surface area (TPSA) is 71.3 Å². The van der Waals surface area contributed by atoms with E-state index < -0.39 is 0 Å². The third-order valence-electron chi connectivity index (χ3n) is 2.05. The summed E-state index contributed by atoms with van der Waals surface area (Å²) in [5, 5.41) is 11.9. The largest absolute Gasteiger partial charge is 0.482 e. The first-order chi connectivity index (χ1) is 8.67. The smallest absolute Gasteiger partial charge is 0.258 e.